The number of nitriles is 1. The first-order valence-electron chi connectivity index (χ1n) is 9.09. The number of primary amides is 1. The van der Waals surface area contributed by atoms with Gasteiger partial charge in [0.2, 0.25) is 5.91 Å². The maximum atomic E-state index is 13.0. The van der Waals surface area contributed by atoms with E-state index < -0.39 is 23.1 Å². The van der Waals surface area contributed by atoms with Crippen LogP contribution in [0.1, 0.15) is 37.3 Å². The number of nitrogens with one attached hydrogen (secondary N) is 2. The largest absolute Gasteiger partial charge is 0.369 e. The third kappa shape index (κ3) is 6.36. The van der Waals surface area contributed by atoms with Crippen molar-refractivity contribution < 1.29 is 13.6 Å². The lowest BCUT2D eigenvalue weighted by Crippen LogP contribution is -2.36. The molecular weight excluding hydrogens is 376 g/mol. The zero-order chi connectivity index (χ0) is 21.4. The molecule has 0 bridgehead atoms. The van der Waals surface area contributed by atoms with Crippen LogP contribution < -0.4 is 16.4 Å². The van der Waals surface area contributed by atoms with Gasteiger partial charge in [-0.15, -0.1) is 0 Å². The number of nitrogens with two attached hydrogens (primary N) is 1. The van der Waals surface area contributed by atoms with Crippen LogP contribution in [0.5, 0.6) is 0 Å². The van der Waals surface area contributed by atoms with Gasteiger partial charge in [0.15, 0.2) is 11.6 Å². The van der Waals surface area contributed by atoms with Gasteiger partial charge in [0.25, 0.3) is 0 Å². The Morgan fingerprint density at radius 2 is 2.03 bits per heavy atom. The molecule has 3 rings (SSSR count). The number of amides is 1. The van der Waals surface area contributed by atoms with Crippen LogP contribution in [0, 0.1) is 23.0 Å². The minimum Gasteiger partial charge on any atom is -0.369 e. The number of aromatic nitrogens is 1. The molecule has 4 N–H and O–H groups in total. The van der Waals surface area contributed by atoms with Gasteiger partial charge in [-0.25, -0.2) is 13.8 Å². The van der Waals surface area contributed by atoms with Crippen LogP contribution in [0.15, 0.2) is 48.8 Å². The van der Waals surface area contributed by atoms with E-state index in [1.54, 1.807) is 12.1 Å². The quantitative estimate of drug-likeness (QED) is 0.663. The molecule has 6 nitrogen and oxygen atoms in total. The standard InChI is InChI=1S/C11H12F2N2O.C10H11N3/c12-8-2-1-7(5-9(8)13)11(3-4-11)15-6-10(14)16;1-3-8(2)13-10-5-4-9(6-11)7-12-10/h1-2,5,15H,3-4,6H2,(H2,14,16);4-5,7H,2-3H2,1H3,(H,12,13). The Hall–Kier alpha value is -3.31. The van der Waals surface area contributed by atoms with E-state index in [0.717, 1.165) is 42.9 Å². The third-order valence-electron chi connectivity index (χ3n) is 4.45. The minimum absolute atomic E-state index is 0.0407. The highest BCUT2D eigenvalue weighted by atomic mass is 19.2. The summed E-state index contributed by atoms with van der Waals surface area (Å²) < 4.78 is 25.8. The van der Waals surface area contributed by atoms with Crippen molar-refractivity contribution in [3.63, 3.8) is 0 Å². The monoisotopic (exact) mass is 399 g/mol. The van der Waals surface area contributed by atoms with E-state index in [1.807, 2.05) is 13.0 Å². The Labute approximate surface area is 168 Å². The second kappa shape index (κ2) is 9.75. The number of pyridine rings is 1. The average molecular weight is 399 g/mol. The van der Waals surface area contributed by atoms with Crippen LogP contribution in [0.4, 0.5) is 14.6 Å². The van der Waals surface area contributed by atoms with Crippen molar-refractivity contribution in [3.8, 4) is 6.07 Å². The number of carbonyl (C=O) groups is 1. The zero-order valence-electron chi connectivity index (χ0n) is 16.1. The zero-order valence-corrected chi connectivity index (χ0v) is 16.1. The normalized spacial score (nSPS) is 13.4. The summed E-state index contributed by atoms with van der Waals surface area (Å²) in [5.74, 6) is -1.47. The summed E-state index contributed by atoms with van der Waals surface area (Å²) in [7, 11) is 0. The topological polar surface area (TPSA) is 104 Å². The van der Waals surface area contributed by atoms with E-state index in [2.05, 4.69) is 22.2 Å². The molecule has 0 aliphatic heterocycles. The molecule has 1 heterocycles. The van der Waals surface area contributed by atoms with Crippen molar-refractivity contribution in [2.45, 2.75) is 31.7 Å². The predicted octanol–water partition coefficient (Wildman–Crippen LogP) is 3.32. The number of nitrogens with zero attached hydrogens (tertiary/aromatic N) is 2. The van der Waals surface area contributed by atoms with E-state index in [9.17, 15) is 13.6 Å². The fourth-order valence-electron chi connectivity index (χ4n) is 2.55. The molecule has 8 heteroatoms. The molecule has 1 amide bonds. The van der Waals surface area contributed by atoms with Gasteiger partial charge >= 0.3 is 0 Å². The molecule has 1 saturated carbocycles. The lowest BCUT2D eigenvalue weighted by atomic mass is 10.0. The summed E-state index contributed by atoms with van der Waals surface area (Å²) in [5, 5.41) is 14.5. The maximum absolute atomic E-state index is 13.0. The number of hydrogen-bond donors (Lipinski definition) is 3. The Balaban J connectivity index is 0.000000212. The Morgan fingerprint density at radius 3 is 2.52 bits per heavy atom. The van der Waals surface area contributed by atoms with Crippen molar-refractivity contribution in [2.24, 2.45) is 5.73 Å². The van der Waals surface area contributed by atoms with Gasteiger partial charge in [0, 0.05) is 17.4 Å². The SMILES string of the molecule is C=C(CC)Nc1ccc(C#N)cn1.NC(=O)CNC1(c2ccc(F)c(F)c2)CC1. The lowest BCUT2D eigenvalue weighted by molar-refractivity contribution is -0.117. The molecule has 2 aromatic rings. The number of anilines is 1. The molecular formula is C21H23F2N5O. The number of halogens is 2. The summed E-state index contributed by atoms with van der Waals surface area (Å²) in [6.45, 7) is 5.85. The molecule has 1 aliphatic carbocycles. The Kier molecular flexibility index (Phi) is 7.39. The van der Waals surface area contributed by atoms with Crippen LogP contribution in [0.2, 0.25) is 0 Å². The number of hydrogen-bond acceptors (Lipinski definition) is 5. The highest BCUT2D eigenvalue weighted by Gasteiger charge is 2.44. The van der Waals surface area contributed by atoms with E-state index in [4.69, 9.17) is 11.0 Å². The number of benzene rings is 1. The average Bonchev–Trinajstić information content (AvgIpc) is 3.51. The van der Waals surface area contributed by atoms with Crippen molar-refractivity contribution in [3.05, 3.63) is 71.6 Å². The van der Waals surface area contributed by atoms with Crippen LogP contribution in [0.25, 0.3) is 0 Å². The van der Waals surface area contributed by atoms with Crippen LogP contribution in [-0.2, 0) is 10.3 Å². The summed E-state index contributed by atoms with van der Waals surface area (Å²) >= 11 is 0. The third-order valence-corrected chi connectivity index (χ3v) is 4.45. The minimum atomic E-state index is -0.871. The lowest BCUT2D eigenvalue weighted by Gasteiger charge is -2.16. The summed E-state index contributed by atoms with van der Waals surface area (Å²) in [4.78, 5) is 14.7. The molecule has 0 spiro atoms. The van der Waals surface area contributed by atoms with Gasteiger partial charge in [-0.1, -0.05) is 19.6 Å². The first-order chi connectivity index (χ1) is 13.8. The Bertz CT molecular complexity index is 918. The van der Waals surface area contributed by atoms with Crippen molar-refractivity contribution >= 4 is 11.7 Å². The highest BCUT2D eigenvalue weighted by Crippen LogP contribution is 2.45. The van der Waals surface area contributed by atoms with E-state index in [0.29, 0.717) is 11.1 Å². The van der Waals surface area contributed by atoms with Crippen LogP contribution >= 0.6 is 0 Å². The summed E-state index contributed by atoms with van der Waals surface area (Å²) in [5.41, 5.74) is 6.76. The molecule has 1 aromatic carbocycles. The van der Waals surface area contributed by atoms with Gasteiger partial charge in [0.05, 0.1) is 12.1 Å². The second-order valence-corrected chi connectivity index (χ2v) is 6.66. The van der Waals surface area contributed by atoms with Crippen molar-refractivity contribution in [2.75, 3.05) is 11.9 Å². The van der Waals surface area contributed by atoms with Gasteiger partial charge in [0.1, 0.15) is 11.9 Å². The first kappa shape index (κ1) is 22.0. The summed E-state index contributed by atoms with van der Waals surface area (Å²) in [6.07, 6.45) is 3.99. The van der Waals surface area contributed by atoms with Gasteiger partial charge in [-0.05, 0) is 49.1 Å². The van der Waals surface area contributed by atoms with E-state index in [1.165, 1.54) is 12.3 Å². The predicted molar refractivity (Wildman–Crippen MR) is 106 cm³/mol. The van der Waals surface area contributed by atoms with Crippen LogP contribution in [-0.4, -0.2) is 17.4 Å². The molecule has 1 fully saturated rings. The highest BCUT2D eigenvalue weighted by molar-refractivity contribution is 5.76. The molecule has 0 unspecified atom stereocenters. The van der Waals surface area contributed by atoms with Gasteiger partial charge < -0.3 is 11.1 Å². The molecule has 29 heavy (non-hydrogen) atoms. The van der Waals surface area contributed by atoms with Crippen molar-refractivity contribution in [1.29, 1.82) is 5.26 Å². The molecule has 1 aliphatic rings. The van der Waals surface area contributed by atoms with E-state index >= 15 is 0 Å². The molecule has 1 aromatic heterocycles. The molecule has 0 saturated heterocycles. The van der Waals surface area contributed by atoms with Gasteiger partial charge in [-0.3, -0.25) is 10.1 Å². The Morgan fingerprint density at radius 1 is 1.31 bits per heavy atom. The second-order valence-electron chi connectivity index (χ2n) is 6.66. The maximum Gasteiger partial charge on any atom is 0.231 e. The summed E-state index contributed by atoms with van der Waals surface area (Å²) in [6, 6.07) is 9.28. The smallest absolute Gasteiger partial charge is 0.231 e. The first-order valence-corrected chi connectivity index (χ1v) is 9.09. The fourth-order valence-corrected chi connectivity index (χ4v) is 2.55. The fraction of sp³-hybridized carbons (Fsp3) is 0.286. The molecule has 0 radical (unpaired) electrons. The number of allylic oxidation sites excluding steroid dienone is 1. The molecule has 152 valence electrons. The number of carbonyl (C=O) groups excluding carboxylic acids is 1. The number of rotatable bonds is 7. The van der Waals surface area contributed by atoms with Gasteiger partial charge in [-0.2, -0.15) is 5.26 Å². The van der Waals surface area contributed by atoms with Crippen LogP contribution in [0.3, 0.4) is 0 Å². The molecule has 0 atom stereocenters. The van der Waals surface area contributed by atoms with E-state index in [-0.39, 0.29) is 6.54 Å². The van der Waals surface area contributed by atoms with Crippen molar-refractivity contribution in [1.82, 2.24) is 10.3 Å².